The van der Waals surface area contributed by atoms with E-state index in [2.05, 4.69) is 15.1 Å². The second-order valence-electron chi connectivity index (χ2n) is 5.89. The molecule has 3 heterocycles. The Balaban J connectivity index is 1.62. The third-order valence-corrected chi connectivity index (χ3v) is 4.02. The molecular weight excluding hydrogens is 304 g/mol. The normalized spacial score (nSPS) is 13.7. The lowest BCUT2D eigenvalue weighted by Gasteiger charge is -2.21. The molecule has 0 N–H and O–H groups in total. The van der Waals surface area contributed by atoms with Gasteiger partial charge in [-0.3, -0.25) is 14.8 Å². The van der Waals surface area contributed by atoms with Crippen LogP contribution in [0.2, 0.25) is 0 Å². The molecule has 4 rings (SSSR count). The first kappa shape index (κ1) is 14.6. The molecule has 1 aliphatic carbocycles. The fourth-order valence-corrected chi connectivity index (χ4v) is 2.54. The second-order valence-corrected chi connectivity index (χ2v) is 5.89. The first-order valence-electron chi connectivity index (χ1n) is 7.90. The lowest BCUT2D eigenvalue weighted by Crippen LogP contribution is -2.33. The monoisotopic (exact) mass is 320 g/mol. The topological polar surface area (TPSA) is 72.1 Å². The summed E-state index contributed by atoms with van der Waals surface area (Å²) in [6.45, 7) is 0.680. The Bertz CT molecular complexity index is 828. The van der Waals surface area contributed by atoms with E-state index in [0.29, 0.717) is 23.9 Å². The van der Waals surface area contributed by atoms with Gasteiger partial charge in [-0.25, -0.2) is 0 Å². The Labute approximate surface area is 139 Å². The van der Waals surface area contributed by atoms with Crippen molar-refractivity contribution in [3.8, 4) is 11.3 Å². The average molecular weight is 320 g/mol. The van der Waals surface area contributed by atoms with Crippen molar-refractivity contribution in [2.75, 3.05) is 11.4 Å². The Morgan fingerprint density at radius 3 is 2.62 bits per heavy atom. The number of amides is 1. The summed E-state index contributed by atoms with van der Waals surface area (Å²) in [5.41, 5.74) is 1.86. The molecule has 1 amide bonds. The van der Waals surface area contributed by atoms with E-state index in [0.717, 1.165) is 24.1 Å². The third kappa shape index (κ3) is 3.03. The lowest BCUT2D eigenvalue weighted by molar-refractivity contribution is 0.0977. The summed E-state index contributed by atoms with van der Waals surface area (Å²) in [5.74, 6) is 0.914. The molecule has 1 aliphatic rings. The predicted octanol–water partition coefficient (Wildman–Crippen LogP) is 3.19. The van der Waals surface area contributed by atoms with Crippen molar-refractivity contribution in [1.82, 2.24) is 15.1 Å². The van der Waals surface area contributed by atoms with E-state index in [1.54, 1.807) is 35.8 Å². The van der Waals surface area contributed by atoms with E-state index in [1.807, 2.05) is 24.3 Å². The van der Waals surface area contributed by atoms with Crippen molar-refractivity contribution in [2.45, 2.75) is 12.8 Å². The van der Waals surface area contributed by atoms with Crippen molar-refractivity contribution >= 4 is 11.6 Å². The molecule has 0 atom stereocenters. The van der Waals surface area contributed by atoms with E-state index in [-0.39, 0.29) is 5.91 Å². The molecule has 3 aromatic rings. The van der Waals surface area contributed by atoms with Crippen molar-refractivity contribution in [1.29, 1.82) is 0 Å². The summed E-state index contributed by atoms with van der Waals surface area (Å²) in [5, 5.41) is 3.95. The van der Waals surface area contributed by atoms with E-state index < -0.39 is 0 Å². The van der Waals surface area contributed by atoms with Crippen LogP contribution in [0, 0.1) is 5.92 Å². The van der Waals surface area contributed by atoms with Crippen molar-refractivity contribution < 1.29 is 9.32 Å². The van der Waals surface area contributed by atoms with Gasteiger partial charge in [-0.1, -0.05) is 5.16 Å². The fourth-order valence-electron chi connectivity index (χ4n) is 2.54. The molecule has 0 spiro atoms. The van der Waals surface area contributed by atoms with Gasteiger partial charge in [0.2, 0.25) is 0 Å². The zero-order valence-electron chi connectivity index (χ0n) is 13.0. The number of hydrogen-bond acceptors (Lipinski definition) is 5. The van der Waals surface area contributed by atoms with Crippen molar-refractivity contribution in [2.24, 2.45) is 5.92 Å². The van der Waals surface area contributed by atoms with Gasteiger partial charge in [0.15, 0.2) is 11.5 Å². The van der Waals surface area contributed by atoms with E-state index in [4.69, 9.17) is 4.52 Å². The van der Waals surface area contributed by atoms with Crippen LogP contribution in [0.15, 0.2) is 59.6 Å². The summed E-state index contributed by atoms with van der Waals surface area (Å²) in [4.78, 5) is 22.8. The van der Waals surface area contributed by atoms with Crippen LogP contribution in [-0.2, 0) is 0 Å². The molecule has 0 aromatic carbocycles. The van der Waals surface area contributed by atoms with Gasteiger partial charge in [0.25, 0.3) is 5.91 Å². The van der Waals surface area contributed by atoms with Gasteiger partial charge >= 0.3 is 0 Å². The number of carbonyl (C=O) groups is 1. The largest absolute Gasteiger partial charge is 0.355 e. The maximum atomic E-state index is 12.9. The first-order valence-corrected chi connectivity index (χ1v) is 7.90. The number of anilines is 1. The summed E-state index contributed by atoms with van der Waals surface area (Å²) in [7, 11) is 0. The number of pyridine rings is 2. The molecular formula is C18H16N4O2. The Hall–Kier alpha value is -3.02. The summed E-state index contributed by atoms with van der Waals surface area (Å²) in [6.07, 6.45) is 9.07. The molecule has 24 heavy (non-hydrogen) atoms. The van der Waals surface area contributed by atoms with Crippen molar-refractivity contribution in [3.05, 3.63) is 60.8 Å². The van der Waals surface area contributed by atoms with Crippen molar-refractivity contribution in [3.63, 3.8) is 0 Å². The maximum absolute atomic E-state index is 12.9. The van der Waals surface area contributed by atoms with Crippen LogP contribution in [0.1, 0.15) is 23.3 Å². The summed E-state index contributed by atoms with van der Waals surface area (Å²) < 4.78 is 5.33. The quantitative estimate of drug-likeness (QED) is 0.722. The SMILES string of the molecule is O=C(c1cc(-c2cccnc2)on1)N(CC1CC1)c1cccnc1. The van der Waals surface area contributed by atoms with E-state index in [9.17, 15) is 4.79 Å². The minimum absolute atomic E-state index is 0.172. The molecule has 0 saturated heterocycles. The van der Waals surface area contributed by atoms with Gasteiger partial charge < -0.3 is 9.42 Å². The molecule has 120 valence electrons. The Morgan fingerprint density at radius 2 is 1.96 bits per heavy atom. The molecule has 6 heteroatoms. The lowest BCUT2D eigenvalue weighted by atomic mass is 10.2. The second kappa shape index (κ2) is 6.23. The van der Waals surface area contributed by atoms with Crippen LogP contribution in [-0.4, -0.2) is 27.6 Å². The zero-order valence-corrected chi connectivity index (χ0v) is 13.0. The average Bonchev–Trinajstić information content (AvgIpc) is 3.33. The Kier molecular flexibility index (Phi) is 3.78. The minimum Gasteiger partial charge on any atom is -0.355 e. The minimum atomic E-state index is -0.172. The Morgan fingerprint density at radius 1 is 1.17 bits per heavy atom. The smallest absolute Gasteiger partial charge is 0.280 e. The molecule has 0 radical (unpaired) electrons. The van der Waals surface area contributed by atoms with Crippen LogP contribution in [0.5, 0.6) is 0 Å². The molecule has 1 saturated carbocycles. The number of hydrogen-bond donors (Lipinski definition) is 0. The molecule has 1 fully saturated rings. The van der Waals surface area contributed by atoms with Gasteiger partial charge in [-0.2, -0.15) is 0 Å². The molecule has 6 nitrogen and oxygen atoms in total. The number of aromatic nitrogens is 3. The van der Waals surface area contributed by atoms with Gasteiger partial charge in [-0.15, -0.1) is 0 Å². The van der Waals surface area contributed by atoms with Crippen LogP contribution < -0.4 is 4.90 Å². The fraction of sp³-hybridized carbons (Fsp3) is 0.222. The maximum Gasteiger partial charge on any atom is 0.280 e. The molecule has 0 bridgehead atoms. The highest BCUT2D eigenvalue weighted by atomic mass is 16.5. The summed E-state index contributed by atoms with van der Waals surface area (Å²) >= 11 is 0. The van der Waals surface area contributed by atoms with Crippen LogP contribution in [0.4, 0.5) is 5.69 Å². The zero-order chi connectivity index (χ0) is 16.4. The third-order valence-electron chi connectivity index (χ3n) is 4.02. The molecule has 3 aromatic heterocycles. The highest BCUT2D eigenvalue weighted by Crippen LogP contribution is 2.32. The number of rotatable bonds is 5. The predicted molar refractivity (Wildman–Crippen MR) is 88.4 cm³/mol. The summed E-state index contributed by atoms with van der Waals surface area (Å²) in [6, 6.07) is 9.05. The van der Waals surface area contributed by atoms with Gasteiger partial charge in [0.05, 0.1) is 11.9 Å². The van der Waals surface area contributed by atoms with E-state index >= 15 is 0 Å². The van der Waals surface area contributed by atoms with Gasteiger partial charge in [-0.05, 0) is 43.0 Å². The number of nitrogens with zero attached hydrogens (tertiary/aromatic N) is 4. The highest BCUT2D eigenvalue weighted by molar-refractivity contribution is 6.05. The van der Waals surface area contributed by atoms with Crippen LogP contribution in [0.25, 0.3) is 11.3 Å². The first-order chi connectivity index (χ1) is 11.8. The highest BCUT2D eigenvalue weighted by Gasteiger charge is 2.29. The van der Waals surface area contributed by atoms with Crippen LogP contribution in [0.3, 0.4) is 0 Å². The molecule has 0 aliphatic heterocycles. The van der Waals surface area contributed by atoms with E-state index in [1.165, 1.54) is 0 Å². The van der Waals surface area contributed by atoms with Gasteiger partial charge in [0, 0.05) is 36.8 Å². The van der Waals surface area contributed by atoms with Crippen LogP contribution >= 0.6 is 0 Å². The number of carbonyl (C=O) groups excluding carboxylic acids is 1. The standard InChI is InChI=1S/C18H16N4O2/c23-18(16-9-17(24-21-16)14-3-1-7-19-10-14)22(12-13-5-6-13)15-4-2-8-20-11-15/h1-4,7-11,13H,5-6,12H2. The molecule has 0 unspecified atom stereocenters. The van der Waals surface area contributed by atoms with Gasteiger partial charge in [0.1, 0.15) is 0 Å².